The van der Waals surface area contributed by atoms with Gasteiger partial charge >= 0.3 is 0 Å². The molecule has 0 radical (unpaired) electrons. The molecule has 0 unspecified atom stereocenters. The number of fused-ring (bicyclic) bond motifs is 1. The minimum Gasteiger partial charge on any atom is -0.481 e. The molecule has 0 fully saturated rings. The molecule has 0 atom stereocenters. The van der Waals surface area contributed by atoms with E-state index in [1.807, 2.05) is 0 Å². The van der Waals surface area contributed by atoms with Gasteiger partial charge in [0.15, 0.2) is 5.65 Å². The minimum absolute atomic E-state index is 0.403. The van der Waals surface area contributed by atoms with Crippen LogP contribution in [0.1, 0.15) is 0 Å². The lowest BCUT2D eigenvalue weighted by Crippen LogP contribution is -1.96. The molecule has 4 nitrogen and oxygen atoms in total. The molecule has 0 saturated heterocycles. The van der Waals surface area contributed by atoms with Gasteiger partial charge in [0.25, 0.3) is 0 Å². The van der Waals surface area contributed by atoms with Crippen molar-refractivity contribution >= 4 is 17.2 Å². The normalized spacial score (nSPS) is 10.5. The van der Waals surface area contributed by atoms with Crippen LogP contribution in [0.5, 0.6) is 5.88 Å². The molecule has 0 aliphatic heterocycles. The van der Waals surface area contributed by atoms with Crippen molar-refractivity contribution in [3.05, 3.63) is 23.5 Å². The molecular weight excluding hydrogens is 178 g/mol. The summed E-state index contributed by atoms with van der Waals surface area (Å²) in [5, 5.41) is 4.40. The number of halogens is 1. The molecule has 0 aromatic carbocycles. The van der Waals surface area contributed by atoms with Crippen LogP contribution in [0.3, 0.4) is 0 Å². The highest BCUT2D eigenvalue weighted by Crippen LogP contribution is 2.16. The van der Waals surface area contributed by atoms with Crippen molar-refractivity contribution in [2.45, 2.75) is 0 Å². The summed E-state index contributed by atoms with van der Waals surface area (Å²) >= 11 is 5.73. The maximum Gasteiger partial charge on any atom is 0.219 e. The molecule has 2 aromatic heterocycles. The maximum atomic E-state index is 5.73. The van der Waals surface area contributed by atoms with Gasteiger partial charge in [0.2, 0.25) is 5.88 Å². The Morgan fingerprint density at radius 1 is 1.58 bits per heavy atom. The Morgan fingerprint density at radius 3 is 3.17 bits per heavy atom. The number of methoxy groups -OCH3 is 1. The zero-order valence-electron chi connectivity index (χ0n) is 6.36. The summed E-state index contributed by atoms with van der Waals surface area (Å²) in [5.41, 5.74) is 0.680. The zero-order chi connectivity index (χ0) is 8.55. The predicted molar refractivity (Wildman–Crippen MR) is 44.5 cm³/mol. The number of ether oxygens (including phenoxy) is 1. The van der Waals surface area contributed by atoms with Crippen LogP contribution in [0.4, 0.5) is 0 Å². The summed E-state index contributed by atoms with van der Waals surface area (Å²) in [6.07, 6.45) is 1.64. The smallest absolute Gasteiger partial charge is 0.219 e. The third-order valence-corrected chi connectivity index (χ3v) is 1.70. The van der Waals surface area contributed by atoms with E-state index in [4.69, 9.17) is 16.3 Å². The predicted octanol–water partition coefficient (Wildman–Crippen LogP) is 1.39. The second-order valence-corrected chi connectivity index (χ2v) is 2.61. The molecular formula is C7H6ClN3O. The number of aromatic nitrogens is 3. The van der Waals surface area contributed by atoms with E-state index in [-0.39, 0.29) is 0 Å². The van der Waals surface area contributed by atoms with E-state index in [1.165, 1.54) is 0 Å². The van der Waals surface area contributed by atoms with Crippen LogP contribution in [-0.2, 0) is 0 Å². The van der Waals surface area contributed by atoms with Crippen molar-refractivity contribution in [3.63, 3.8) is 0 Å². The lowest BCUT2D eigenvalue weighted by atomic mass is 10.6. The molecule has 0 N–H and O–H groups in total. The van der Waals surface area contributed by atoms with Gasteiger partial charge in [-0.25, -0.2) is 4.98 Å². The lowest BCUT2D eigenvalue weighted by Gasteiger charge is -2.01. The van der Waals surface area contributed by atoms with E-state index in [1.54, 1.807) is 30.0 Å². The van der Waals surface area contributed by atoms with Crippen LogP contribution in [0.2, 0.25) is 5.15 Å². The second kappa shape index (κ2) is 2.64. The van der Waals surface area contributed by atoms with Crippen LogP contribution >= 0.6 is 11.6 Å². The second-order valence-electron chi connectivity index (χ2n) is 2.22. The van der Waals surface area contributed by atoms with Crippen molar-refractivity contribution in [2.75, 3.05) is 7.11 Å². The maximum absolute atomic E-state index is 5.73. The summed E-state index contributed by atoms with van der Waals surface area (Å²) in [5.74, 6) is 0.579. The number of rotatable bonds is 1. The fourth-order valence-electron chi connectivity index (χ4n) is 1.00. The van der Waals surface area contributed by atoms with Crippen molar-refractivity contribution < 1.29 is 4.74 Å². The Balaban J connectivity index is 2.80. The molecule has 0 spiro atoms. The van der Waals surface area contributed by atoms with Crippen LogP contribution in [0.15, 0.2) is 18.3 Å². The van der Waals surface area contributed by atoms with Crippen LogP contribution < -0.4 is 4.74 Å². The molecule has 0 amide bonds. The van der Waals surface area contributed by atoms with Crippen molar-refractivity contribution in [1.29, 1.82) is 0 Å². The van der Waals surface area contributed by atoms with Gasteiger partial charge in [0, 0.05) is 12.1 Å². The van der Waals surface area contributed by atoms with Crippen molar-refractivity contribution in [3.8, 4) is 5.88 Å². The number of nitrogens with zero attached hydrogens (tertiary/aromatic N) is 3. The zero-order valence-corrected chi connectivity index (χ0v) is 7.12. The Bertz CT molecular complexity index is 412. The standard InChI is InChI=1S/C7H6ClN3O/c1-12-7-4-5(8)10-6-2-3-9-11(6)7/h2-4H,1H3. The quantitative estimate of drug-likeness (QED) is 0.628. The Kier molecular flexibility index (Phi) is 1.62. The molecule has 0 bridgehead atoms. The van der Waals surface area contributed by atoms with Crippen LogP contribution in [-0.4, -0.2) is 21.7 Å². The van der Waals surface area contributed by atoms with Gasteiger partial charge in [-0.05, 0) is 0 Å². The minimum atomic E-state index is 0.403. The highest BCUT2D eigenvalue weighted by Gasteiger charge is 2.03. The van der Waals surface area contributed by atoms with Gasteiger partial charge in [0.1, 0.15) is 5.15 Å². The van der Waals surface area contributed by atoms with E-state index in [0.717, 1.165) is 0 Å². The van der Waals surface area contributed by atoms with Crippen LogP contribution in [0, 0.1) is 0 Å². The average Bonchev–Trinajstić information content (AvgIpc) is 2.50. The molecule has 2 heterocycles. The molecule has 0 saturated carbocycles. The highest BCUT2D eigenvalue weighted by molar-refractivity contribution is 6.29. The summed E-state index contributed by atoms with van der Waals surface area (Å²) in [6.45, 7) is 0. The summed E-state index contributed by atoms with van der Waals surface area (Å²) in [6, 6.07) is 3.37. The van der Waals surface area contributed by atoms with E-state index in [9.17, 15) is 0 Å². The number of hydrogen-bond acceptors (Lipinski definition) is 3. The van der Waals surface area contributed by atoms with E-state index in [2.05, 4.69) is 10.1 Å². The molecule has 62 valence electrons. The fourth-order valence-corrected chi connectivity index (χ4v) is 1.18. The van der Waals surface area contributed by atoms with Gasteiger partial charge in [-0.2, -0.15) is 9.61 Å². The van der Waals surface area contributed by atoms with Gasteiger partial charge in [0.05, 0.1) is 13.3 Å². The Labute approximate surface area is 73.7 Å². The first-order valence-electron chi connectivity index (χ1n) is 3.35. The molecule has 12 heavy (non-hydrogen) atoms. The summed E-state index contributed by atoms with van der Waals surface area (Å²) < 4.78 is 6.62. The molecule has 0 aliphatic carbocycles. The molecule has 5 heteroatoms. The lowest BCUT2D eigenvalue weighted by molar-refractivity contribution is 0.385. The molecule has 2 rings (SSSR count). The van der Waals surface area contributed by atoms with E-state index >= 15 is 0 Å². The van der Waals surface area contributed by atoms with Crippen LogP contribution in [0.25, 0.3) is 5.65 Å². The first-order valence-corrected chi connectivity index (χ1v) is 3.73. The Morgan fingerprint density at radius 2 is 2.42 bits per heavy atom. The summed E-state index contributed by atoms with van der Waals surface area (Å²) in [4.78, 5) is 4.03. The third-order valence-electron chi connectivity index (χ3n) is 1.50. The molecule has 0 aliphatic rings. The van der Waals surface area contributed by atoms with Gasteiger partial charge in [-0.1, -0.05) is 11.6 Å². The molecule has 2 aromatic rings. The average molecular weight is 184 g/mol. The van der Waals surface area contributed by atoms with Crippen molar-refractivity contribution in [2.24, 2.45) is 0 Å². The first-order chi connectivity index (χ1) is 5.81. The van der Waals surface area contributed by atoms with Gasteiger partial charge in [-0.3, -0.25) is 0 Å². The summed E-state index contributed by atoms with van der Waals surface area (Å²) in [7, 11) is 1.56. The topological polar surface area (TPSA) is 39.4 Å². The largest absolute Gasteiger partial charge is 0.481 e. The van der Waals surface area contributed by atoms with Gasteiger partial charge in [-0.15, -0.1) is 0 Å². The highest BCUT2D eigenvalue weighted by atomic mass is 35.5. The van der Waals surface area contributed by atoms with E-state index < -0.39 is 0 Å². The first kappa shape index (κ1) is 7.36. The fraction of sp³-hybridized carbons (Fsp3) is 0.143. The van der Waals surface area contributed by atoms with Gasteiger partial charge < -0.3 is 4.74 Å². The van der Waals surface area contributed by atoms with E-state index in [0.29, 0.717) is 16.7 Å². The SMILES string of the molecule is COc1cc(Cl)nc2ccnn12. The Hall–Kier alpha value is -1.29. The number of hydrogen-bond donors (Lipinski definition) is 0. The monoisotopic (exact) mass is 183 g/mol. The third kappa shape index (κ3) is 1.00. The van der Waals surface area contributed by atoms with Crippen molar-refractivity contribution in [1.82, 2.24) is 14.6 Å².